The summed E-state index contributed by atoms with van der Waals surface area (Å²) in [7, 11) is 0. The number of hydrogen-bond acceptors (Lipinski definition) is 3. The van der Waals surface area contributed by atoms with Crippen LogP contribution in [-0.2, 0) is 0 Å². The van der Waals surface area contributed by atoms with Gasteiger partial charge in [-0.1, -0.05) is 11.6 Å². The van der Waals surface area contributed by atoms with Crippen molar-refractivity contribution < 1.29 is 13.6 Å². The van der Waals surface area contributed by atoms with Crippen molar-refractivity contribution in [1.29, 1.82) is 0 Å². The van der Waals surface area contributed by atoms with Gasteiger partial charge in [0.1, 0.15) is 17.3 Å². The van der Waals surface area contributed by atoms with E-state index in [1.165, 1.54) is 54.7 Å². The van der Waals surface area contributed by atoms with Gasteiger partial charge in [0.15, 0.2) is 0 Å². The highest BCUT2D eigenvalue weighted by Crippen LogP contribution is 2.23. The van der Waals surface area contributed by atoms with Crippen LogP contribution in [0.2, 0.25) is 5.02 Å². The summed E-state index contributed by atoms with van der Waals surface area (Å²) in [5.74, 6) is -1.34. The van der Waals surface area contributed by atoms with Crippen molar-refractivity contribution in [3.63, 3.8) is 0 Å². The Balaban J connectivity index is 1.75. The van der Waals surface area contributed by atoms with E-state index in [1.54, 1.807) is 6.07 Å². The Morgan fingerprint density at radius 2 is 1.60 bits per heavy atom. The van der Waals surface area contributed by atoms with Crippen molar-refractivity contribution in [3.8, 4) is 0 Å². The van der Waals surface area contributed by atoms with Gasteiger partial charge in [-0.3, -0.25) is 9.78 Å². The number of rotatable bonds is 4. The van der Waals surface area contributed by atoms with Crippen LogP contribution in [0.3, 0.4) is 0 Å². The lowest BCUT2D eigenvalue weighted by Crippen LogP contribution is -2.13. The summed E-state index contributed by atoms with van der Waals surface area (Å²) in [5, 5.41) is 5.64. The Morgan fingerprint density at radius 1 is 0.920 bits per heavy atom. The van der Waals surface area contributed by atoms with Gasteiger partial charge in [-0.15, -0.1) is 0 Å². The number of benzene rings is 2. The first kappa shape index (κ1) is 16.9. The summed E-state index contributed by atoms with van der Waals surface area (Å²) in [6.07, 6.45) is 1.47. The second kappa shape index (κ2) is 7.27. The molecule has 3 aromatic rings. The molecule has 126 valence electrons. The normalized spacial score (nSPS) is 10.4. The number of nitrogens with one attached hydrogen (secondary N) is 2. The largest absolute Gasteiger partial charge is 0.355 e. The molecule has 2 aromatic carbocycles. The molecule has 7 heteroatoms. The van der Waals surface area contributed by atoms with Crippen LogP contribution in [0.1, 0.15) is 10.5 Å². The number of hydrogen-bond donors (Lipinski definition) is 2. The predicted octanol–water partition coefficient (Wildman–Crippen LogP) is 5.01. The standard InChI is InChI=1S/C18H12ClF2N3O/c19-15-9-13(5-6-16(15)21)23-14-7-8-22-17(10-14)18(25)24-12-3-1-11(20)2-4-12/h1-10H,(H,22,23)(H,24,25). The fraction of sp³-hybridized carbons (Fsp3) is 0. The summed E-state index contributed by atoms with van der Waals surface area (Å²) in [5.41, 5.74) is 1.78. The summed E-state index contributed by atoms with van der Waals surface area (Å²) < 4.78 is 26.1. The van der Waals surface area contributed by atoms with E-state index < -0.39 is 11.7 Å². The van der Waals surface area contributed by atoms with E-state index in [1.807, 2.05) is 0 Å². The van der Waals surface area contributed by atoms with Crippen LogP contribution in [0.15, 0.2) is 60.8 Å². The number of aromatic nitrogens is 1. The van der Waals surface area contributed by atoms with Gasteiger partial charge in [0.2, 0.25) is 0 Å². The second-order valence-electron chi connectivity index (χ2n) is 5.14. The van der Waals surface area contributed by atoms with Gasteiger partial charge in [-0.25, -0.2) is 8.78 Å². The lowest BCUT2D eigenvalue weighted by molar-refractivity contribution is 0.102. The molecule has 1 aromatic heterocycles. The van der Waals surface area contributed by atoms with Crippen molar-refractivity contribution in [3.05, 3.63) is 83.1 Å². The average Bonchev–Trinajstić information content (AvgIpc) is 2.60. The Bertz CT molecular complexity index is 916. The molecule has 0 spiro atoms. The topological polar surface area (TPSA) is 54.0 Å². The first-order valence-corrected chi connectivity index (χ1v) is 7.64. The van der Waals surface area contributed by atoms with Crippen LogP contribution in [0.25, 0.3) is 0 Å². The molecular formula is C18H12ClF2N3O. The van der Waals surface area contributed by atoms with E-state index in [4.69, 9.17) is 11.6 Å². The third-order valence-electron chi connectivity index (χ3n) is 3.30. The molecule has 0 fully saturated rings. The minimum absolute atomic E-state index is 0.00617. The van der Waals surface area contributed by atoms with Gasteiger partial charge in [0, 0.05) is 23.3 Å². The zero-order valence-corrected chi connectivity index (χ0v) is 13.5. The SMILES string of the molecule is O=C(Nc1ccc(F)cc1)c1cc(Nc2ccc(F)c(Cl)c2)ccn1. The summed E-state index contributed by atoms with van der Waals surface area (Å²) in [6, 6.07) is 12.8. The smallest absolute Gasteiger partial charge is 0.274 e. The molecule has 1 heterocycles. The minimum atomic E-state index is -0.513. The minimum Gasteiger partial charge on any atom is -0.355 e. The van der Waals surface area contributed by atoms with E-state index in [-0.39, 0.29) is 16.5 Å². The van der Waals surface area contributed by atoms with Crippen LogP contribution in [0.5, 0.6) is 0 Å². The Kier molecular flexibility index (Phi) is 4.90. The lowest BCUT2D eigenvalue weighted by atomic mass is 10.2. The number of anilines is 3. The average molecular weight is 360 g/mol. The van der Waals surface area contributed by atoms with Crippen LogP contribution < -0.4 is 10.6 Å². The summed E-state index contributed by atoms with van der Waals surface area (Å²) in [6.45, 7) is 0. The molecule has 25 heavy (non-hydrogen) atoms. The maximum atomic E-state index is 13.2. The highest BCUT2D eigenvalue weighted by Gasteiger charge is 2.09. The summed E-state index contributed by atoms with van der Waals surface area (Å²) in [4.78, 5) is 16.3. The van der Waals surface area contributed by atoms with Gasteiger partial charge in [-0.05, 0) is 54.6 Å². The fourth-order valence-corrected chi connectivity index (χ4v) is 2.28. The predicted molar refractivity (Wildman–Crippen MR) is 93.3 cm³/mol. The highest BCUT2D eigenvalue weighted by atomic mass is 35.5. The molecule has 3 rings (SSSR count). The number of carbonyl (C=O) groups excluding carboxylic acids is 1. The molecule has 0 aliphatic rings. The molecule has 0 saturated heterocycles. The first-order valence-electron chi connectivity index (χ1n) is 7.26. The van der Waals surface area contributed by atoms with Crippen molar-refractivity contribution in [2.45, 2.75) is 0 Å². The van der Waals surface area contributed by atoms with E-state index in [2.05, 4.69) is 15.6 Å². The van der Waals surface area contributed by atoms with Crippen molar-refractivity contribution in [2.75, 3.05) is 10.6 Å². The first-order chi connectivity index (χ1) is 12.0. The fourth-order valence-electron chi connectivity index (χ4n) is 2.10. The molecule has 1 amide bonds. The lowest BCUT2D eigenvalue weighted by Gasteiger charge is -2.09. The number of nitrogens with zero attached hydrogens (tertiary/aromatic N) is 1. The van der Waals surface area contributed by atoms with Gasteiger partial charge >= 0.3 is 0 Å². The third-order valence-corrected chi connectivity index (χ3v) is 3.59. The Labute approximate surface area is 147 Å². The van der Waals surface area contributed by atoms with E-state index in [0.717, 1.165) is 0 Å². The molecule has 0 atom stereocenters. The molecule has 4 nitrogen and oxygen atoms in total. The van der Waals surface area contributed by atoms with Gasteiger partial charge < -0.3 is 10.6 Å². The molecule has 0 aliphatic heterocycles. The zero-order valence-electron chi connectivity index (χ0n) is 12.8. The second-order valence-corrected chi connectivity index (χ2v) is 5.55. The van der Waals surface area contributed by atoms with Crippen LogP contribution in [0.4, 0.5) is 25.8 Å². The number of pyridine rings is 1. The van der Waals surface area contributed by atoms with E-state index >= 15 is 0 Å². The van der Waals surface area contributed by atoms with E-state index in [9.17, 15) is 13.6 Å². The molecule has 0 radical (unpaired) electrons. The van der Waals surface area contributed by atoms with Crippen LogP contribution >= 0.6 is 11.6 Å². The molecule has 0 aliphatic carbocycles. The van der Waals surface area contributed by atoms with Crippen molar-refractivity contribution in [2.24, 2.45) is 0 Å². The van der Waals surface area contributed by atoms with E-state index in [0.29, 0.717) is 17.1 Å². The van der Waals surface area contributed by atoms with Crippen molar-refractivity contribution >= 4 is 34.6 Å². The van der Waals surface area contributed by atoms with Crippen molar-refractivity contribution in [1.82, 2.24) is 4.98 Å². The zero-order chi connectivity index (χ0) is 17.8. The Morgan fingerprint density at radius 3 is 2.32 bits per heavy atom. The maximum Gasteiger partial charge on any atom is 0.274 e. The van der Waals surface area contributed by atoms with Gasteiger partial charge in [0.05, 0.1) is 5.02 Å². The molecule has 2 N–H and O–H groups in total. The molecule has 0 saturated carbocycles. The van der Waals surface area contributed by atoms with Crippen LogP contribution in [-0.4, -0.2) is 10.9 Å². The summed E-state index contributed by atoms with van der Waals surface area (Å²) >= 11 is 5.75. The third kappa shape index (κ3) is 4.30. The molecule has 0 bridgehead atoms. The van der Waals surface area contributed by atoms with Gasteiger partial charge in [-0.2, -0.15) is 0 Å². The van der Waals surface area contributed by atoms with Gasteiger partial charge in [0.25, 0.3) is 5.91 Å². The number of halogens is 3. The highest BCUT2D eigenvalue weighted by molar-refractivity contribution is 6.31. The molecular weight excluding hydrogens is 348 g/mol. The number of amides is 1. The number of carbonyl (C=O) groups is 1. The maximum absolute atomic E-state index is 13.2. The Hall–Kier alpha value is -2.99. The molecule has 0 unspecified atom stereocenters. The van der Waals surface area contributed by atoms with Crippen LogP contribution in [0, 0.1) is 11.6 Å². The quantitative estimate of drug-likeness (QED) is 0.688. The monoisotopic (exact) mass is 359 g/mol.